The Balaban J connectivity index is 1.31. The molecule has 1 aliphatic heterocycles. The molecule has 0 bridgehead atoms. The summed E-state index contributed by atoms with van der Waals surface area (Å²) in [4.78, 5) is 28.6. The van der Waals surface area contributed by atoms with Crippen LogP contribution in [0.25, 0.3) is 0 Å². The van der Waals surface area contributed by atoms with Crippen LogP contribution >= 0.6 is 0 Å². The highest BCUT2D eigenvalue weighted by Crippen LogP contribution is 2.30. The van der Waals surface area contributed by atoms with Gasteiger partial charge in [-0.1, -0.05) is 24.3 Å². The van der Waals surface area contributed by atoms with Crippen molar-refractivity contribution in [2.24, 2.45) is 0 Å². The number of benzene rings is 2. The van der Waals surface area contributed by atoms with Crippen LogP contribution < -0.4 is 5.32 Å². The summed E-state index contributed by atoms with van der Waals surface area (Å²) in [5.41, 5.74) is 1.83. The van der Waals surface area contributed by atoms with E-state index in [-0.39, 0.29) is 35.3 Å². The Morgan fingerprint density at radius 1 is 0.882 bits per heavy atom. The zero-order chi connectivity index (χ0) is 23.9. The zero-order valence-electron chi connectivity index (χ0n) is 18.8. The number of nitrogens with zero attached hydrogens (tertiary/aromatic N) is 2. The molecular weight excluding hydrogens is 440 g/mol. The first-order valence-corrected chi connectivity index (χ1v) is 11.4. The zero-order valence-corrected chi connectivity index (χ0v) is 18.8. The maximum atomic E-state index is 13.5. The van der Waals surface area contributed by atoms with Gasteiger partial charge in [-0.2, -0.15) is 0 Å². The fourth-order valence-electron chi connectivity index (χ4n) is 4.23. The maximum Gasteiger partial charge on any atom is 0.286 e. The van der Waals surface area contributed by atoms with Gasteiger partial charge in [0.25, 0.3) is 5.91 Å². The quantitative estimate of drug-likeness (QED) is 0.509. The molecule has 1 aromatic heterocycles. The van der Waals surface area contributed by atoms with E-state index in [1.807, 2.05) is 4.90 Å². The second kappa shape index (κ2) is 11.1. The predicted octanol–water partition coefficient (Wildman–Crippen LogP) is 4.00. The van der Waals surface area contributed by atoms with Gasteiger partial charge in [0.15, 0.2) is 5.76 Å². The fraction of sp³-hybridized carbons (Fsp3) is 0.308. The van der Waals surface area contributed by atoms with Crippen LogP contribution in [0.4, 0.5) is 8.78 Å². The van der Waals surface area contributed by atoms with Gasteiger partial charge >= 0.3 is 0 Å². The van der Waals surface area contributed by atoms with Crippen LogP contribution in [-0.4, -0.2) is 54.3 Å². The summed E-state index contributed by atoms with van der Waals surface area (Å²) < 4.78 is 32.0. The summed E-state index contributed by atoms with van der Waals surface area (Å²) in [7, 11) is 0. The Bertz CT molecular complexity index is 1030. The third kappa shape index (κ3) is 5.88. The summed E-state index contributed by atoms with van der Waals surface area (Å²) in [6, 6.07) is 15.8. The number of halogens is 2. The number of carbonyl (C=O) groups is 2. The summed E-state index contributed by atoms with van der Waals surface area (Å²) in [5, 5.41) is 2.74. The number of piperazine rings is 1. The minimum Gasteiger partial charge on any atom is -0.459 e. The van der Waals surface area contributed by atoms with Gasteiger partial charge in [-0.3, -0.25) is 14.5 Å². The van der Waals surface area contributed by atoms with Crippen LogP contribution in [-0.2, 0) is 4.79 Å². The largest absolute Gasteiger partial charge is 0.459 e. The molecule has 0 radical (unpaired) electrons. The first-order valence-electron chi connectivity index (χ1n) is 11.4. The van der Waals surface area contributed by atoms with Crippen molar-refractivity contribution in [3.63, 3.8) is 0 Å². The molecule has 0 aliphatic carbocycles. The Hall–Kier alpha value is -3.52. The molecule has 0 atom stereocenters. The van der Waals surface area contributed by atoms with E-state index in [1.165, 1.54) is 30.5 Å². The average Bonchev–Trinajstić information content (AvgIpc) is 3.40. The Labute approximate surface area is 197 Å². The summed E-state index contributed by atoms with van der Waals surface area (Å²) >= 11 is 0. The highest BCUT2D eigenvalue weighted by atomic mass is 19.1. The van der Waals surface area contributed by atoms with E-state index in [1.54, 1.807) is 36.4 Å². The molecular formula is C26H27F2N3O3. The van der Waals surface area contributed by atoms with E-state index in [0.717, 1.165) is 11.1 Å². The minimum absolute atomic E-state index is 0.0482. The van der Waals surface area contributed by atoms with Crippen molar-refractivity contribution in [2.75, 3.05) is 32.7 Å². The van der Waals surface area contributed by atoms with E-state index >= 15 is 0 Å². The number of furan rings is 1. The van der Waals surface area contributed by atoms with Crippen molar-refractivity contribution >= 4 is 11.8 Å². The topological polar surface area (TPSA) is 65.8 Å². The number of hydrogen-bond acceptors (Lipinski definition) is 4. The van der Waals surface area contributed by atoms with Crippen molar-refractivity contribution in [1.29, 1.82) is 0 Å². The number of carbonyl (C=O) groups excluding carboxylic acids is 2. The van der Waals surface area contributed by atoms with Gasteiger partial charge in [0.05, 0.1) is 12.3 Å². The first kappa shape index (κ1) is 23.6. The van der Waals surface area contributed by atoms with Gasteiger partial charge in [0, 0.05) is 39.1 Å². The van der Waals surface area contributed by atoms with E-state index < -0.39 is 0 Å². The third-order valence-corrected chi connectivity index (χ3v) is 6.00. The highest BCUT2D eigenvalue weighted by molar-refractivity contribution is 5.91. The van der Waals surface area contributed by atoms with Crippen LogP contribution in [0.1, 0.15) is 40.6 Å². The fourth-order valence-corrected chi connectivity index (χ4v) is 4.23. The van der Waals surface area contributed by atoms with Crippen LogP contribution in [0.2, 0.25) is 0 Å². The molecule has 178 valence electrons. The lowest BCUT2D eigenvalue weighted by Gasteiger charge is -2.40. The summed E-state index contributed by atoms with van der Waals surface area (Å²) in [6.07, 6.45) is 2.33. The minimum atomic E-state index is -0.308. The van der Waals surface area contributed by atoms with Crippen molar-refractivity contribution in [2.45, 2.75) is 18.9 Å². The lowest BCUT2D eigenvalue weighted by Crippen LogP contribution is -2.49. The molecule has 6 nitrogen and oxygen atoms in total. The van der Waals surface area contributed by atoms with Crippen LogP contribution in [0.3, 0.4) is 0 Å². The molecule has 1 aliphatic rings. The average molecular weight is 468 g/mol. The number of rotatable bonds is 8. The van der Waals surface area contributed by atoms with E-state index in [4.69, 9.17) is 4.42 Å². The standard InChI is InChI=1S/C26H27F2N3O3/c27-21-9-5-19(6-10-21)25(20-7-11-22(28)12-8-20)31-16-14-30(15-17-31)24(32)4-1-13-29-26(33)23-3-2-18-34-23/h2-3,5-12,18,25H,1,4,13-17H2,(H,29,33). The second-order valence-electron chi connectivity index (χ2n) is 8.26. The molecule has 1 fully saturated rings. The molecule has 2 heterocycles. The lowest BCUT2D eigenvalue weighted by atomic mass is 9.96. The first-order chi connectivity index (χ1) is 16.5. The molecule has 1 saturated heterocycles. The molecule has 2 amide bonds. The Morgan fingerprint density at radius 2 is 1.47 bits per heavy atom. The lowest BCUT2D eigenvalue weighted by molar-refractivity contribution is -0.133. The van der Waals surface area contributed by atoms with E-state index in [2.05, 4.69) is 10.2 Å². The van der Waals surface area contributed by atoms with Gasteiger partial charge in [-0.15, -0.1) is 0 Å². The van der Waals surface area contributed by atoms with Crippen LogP contribution in [0.5, 0.6) is 0 Å². The molecule has 3 aromatic rings. The van der Waals surface area contributed by atoms with Gasteiger partial charge in [0.2, 0.25) is 5.91 Å². The molecule has 4 rings (SSSR count). The third-order valence-electron chi connectivity index (χ3n) is 6.00. The SMILES string of the molecule is O=C(NCCCC(=O)N1CCN(C(c2ccc(F)cc2)c2ccc(F)cc2)CC1)c1ccco1. The maximum absolute atomic E-state index is 13.5. The number of nitrogens with one attached hydrogen (secondary N) is 1. The van der Waals surface area contributed by atoms with Crippen molar-refractivity contribution in [1.82, 2.24) is 15.1 Å². The monoisotopic (exact) mass is 467 g/mol. The molecule has 2 aromatic carbocycles. The van der Waals surface area contributed by atoms with Gasteiger partial charge in [0.1, 0.15) is 11.6 Å². The van der Waals surface area contributed by atoms with E-state index in [0.29, 0.717) is 45.6 Å². The van der Waals surface area contributed by atoms with Gasteiger partial charge < -0.3 is 14.6 Å². The predicted molar refractivity (Wildman–Crippen MR) is 123 cm³/mol. The Morgan fingerprint density at radius 3 is 2.00 bits per heavy atom. The highest BCUT2D eigenvalue weighted by Gasteiger charge is 2.28. The van der Waals surface area contributed by atoms with Gasteiger partial charge in [-0.05, 0) is 53.9 Å². The molecule has 0 spiro atoms. The van der Waals surface area contributed by atoms with Crippen molar-refractivity contribution in [3.05, 3.63) is 95.4 Å². The smallest absolute Gasteiger partial charge is 0.286 e. The van der Waals surface area contributed by atoms with Crippen LogP contribution in [0.15, 0.2) is 71.3 Å². The van der Waals surface area contributed by atoms with Gasteiger partial charge in [-0.25, -0.2) is 8.78 Å². The molecule has 8 heteroatoms. The number of hydrogen-bond donors (Lipinski definition) is 1. The molecule has 34 heavy (non-hydrogen) atoms. The molecule has 0 saturated carbocycles. The summed E-state index contributed by atoms with van der Waals surface area (Å²) in [5.74, 6) is -0.611. The molecule has 1 N–H and O–H groups in total. The second-order valence-corrected chi connectivity index (χ2v) is 8.26. The number of amides is 2. The summed E-state index contributed by atoms with van der Waals surface area (Å²) in [6.45, 7) is 2.80. The van der Waals surface area contributed by atoms with Crippen molar-refractivity contribution in [3.8, 4) is 0 Å². The molecule has 0 unspecified atom stereocenters. The normalized spacial score (nSPS) is 14.4. The van der Waals surface area contributed by atoms with E-state index in [9.17, 15) is 18.4 Å². The van der Waals surface area contributed by atoms with Crippen LogP contribution in [0, 0.1) is 11.6 Å². The Kier molecular flexibility index (Phi) is 7.69. The van der Waals surface area contributed by atoms with Crippen molar-refractivity contribution < 1.29 is 22.8 Å².